The van der Waals surface area contributed by atoms with Crippen LogP contribution in [0.5, 0.6) is 5.75 Å². The second-order valence-corrected chi connectivity index (χ2v) is 6.03. The molecule has 1 aromatic carbocycles. The zero-order valence-electron chi connectivity index (χ0n) is 12.6. The number of hydrogen-bond acceptors (Lipinski definition) is 2. The summed E-state index contributed by atoms with van der Waals surface area (Å²) in [5.74, 6) is 2.17. The number of nitrogens with one attached hydrogen (secondary N) is 2. The highest BCUT2D eigenvalue weighted by Gasteiger charge is 2.26. The molecule has 0 radical (unpaired) electrons. The van der Waals surface area contributed by atoms with Gasteiger partial charge < -0.3 is 15.0 Å². The Balaban J connectivity index is 1.92. The molecule has 0 aliphatic carbocycles. The number of piperidine rings is 1. The van der Waals surface area contributed by atoms with E-state index >= 15 is 0 Å². The van der Waals surface area contributed by atoms with Gasteiger partial charge in [0.25, 0.3) is 5.91 Å². The number of anilines is 1. The van der Waals surface area contributed by atoms with Crippen LogP contribution in [0.3, 0.4) is 0 Å². The number of carbonyl (C=O) groups is 1. The lowest BCUT2D eigenvalue weighted by atomic mass is 9.92. The molecule has 1 aromatic rings. The lowest BCUT2D eigenvalue weighted by molar-refractivity contribution is -0.904. The van der Waals surface area contributed by atoms with Crippen LogP contribution in [-0.2, 0) is 4.79 Å². The fraction of sp³-hybridized carbons (Fsp3) is 0.562. The highest BCUT2D eigenvalue weighted by Crippen LogP contribution is 2.22. The Bertz CT molecular complexity index is 452. The average molecular weight is 277 g/mol. The highest BCUT2D eigenvalue weighted by atomic mass is 16.5. The predicted molar refractivity (Wildman–Crippen MR) is 80.1 cm³/mol. The maximum Gasteiger partial charge on any atom is 0.279 e. The first-order valence-electron chi connectivity index (χ1n) is 7.35. The van der Waals surface area contributed by atoms with Crippen molar-refractivity contribution >= 4 is 11.6 Å². The molecule has 3 atom stereocenters. The molecule has 4 nitrogen and oxygen atoms in total. The average Bonchev–Trinajstić information content (AvgIpc) is 2.37. The monoisotopic (exact) mass is 277 g/mol. The van der Waals surface area contributed by atoms with Gasteiger partial charge in [-0.05, 0) is 18.6 Å². The van der Waals surface area contributed by atoms with E-state index in [4.69, 9.17) is 4.74 Å². The van der Waals surface area contributed by atoms with Crippen LogP contribution in [0, 0.1) is 11.8 Å². The molecule has 1 unspecified atom stereocenters. The van der Waals surface area contributed by atoms with E-state index in [9.17, 15) is 4.79 Å². The quantitative estimate of drug-likeness (QED) is 0.868. The maximum atomic E-state index is 12.2. The SMILES string of the molecule is COc1ccccc1NC(=O)C[NH+]1C[C@H](C)C[C@H](C)C1. The van der Waals surface area contributed by atoms with Crippen molar-refractivity contribution in [1.29, 1.82) is 0 Å². The summed E-state index contributed by atoms with van der Waals surface area (Å²) in [6.45, 7) is 7.25. The molecule has 0 spiro atoms. The Hall–Kier alpha value is -1.55. The third-order valence-electron chi connectivity index (χ3n) is 3.87. The van der Waals surface area contributed by atoms with Crippen LogP contribution in [0.4, 0.5) is 5.69 Å². The first-order valence-corrected chi connectivity index (χ1v) is 7.35. The minimum Gasteiger partial charge on any atom is -0.495 e. The van der Waals surface area contributed by atoms with Crippen LogP contribution >= 0.6 is 0 Å². The van der Waals surface area contributed by atoms with E-state index < -0.39 is 0 Å². The number of amides is 1. The Labute approximate surface area is 121 Å². The van der Waals surface area contributed by atoms with E-state index in [2.05, 4.69) is 19.2 Å². The number of carbonyl (C=O) groups excluding carboxylic acids is 1. The van der Waals surface area contributed by atoms with Crippen LogP contribution < -0.4 is 15.0 Å². The molecular formula is C16H25N2O2+. The van der Waals surface area contributed by atoms with E-state index in [0.717, 1.165) is 18.8 Å². The summed E-state index contributed by atoms with van der Waals surface area (Å²) < 4.78 is 5.25. The van der Waals surface area contributed by atoms with Crippen molar-refractivity contribution in [2.24, 2.45) is 11.8 Å². The van der Waals surface area contributed by atoms with Gasteiger partial charge in [0.05, 0.1) is 25.9 Å². The minimum atomic E-state index is 0.0609. The van der Waals surface area contributed by atoms with Gasteiger partial charge in [-0.2, -0.15) is 0 Å². The molecule has 110 valence electrons. The van der Waals surface area contributed by atoms with Gasteiger partial charge in [0, 0.05) is 11.8 Å². The van der Waals surface area contributed by atoms with Crippen molar-refractivity contribution in [3.63, 3.8) is 0 Å². The third kappa shape index (κ3) is 3.97. The summed E-state index contributed by atoms with van der Waals surface area (Å²) in [4.78, 5) is 13.6. The van der Waals surface area contributed by atoms with Crippen LogP contribution in [0.15, 0.2) is 24.3 Å². The third-order valence-corrected chi connectivity index (χ3v) is 3.87. The summed E-state index contributed by atoms with van der Waals surface area (Å²) in [7, 11) is 1.62. The molecule has 2 rings (SSSR count). The molecule has 2 N–H and O–H groups in total. The molecule has 0 bridgehead atoms. The second kappa shape index (κ2) is 6.75. The van der Waals surface area contributed by atoms with Crippen LogP contribution in [0.2, 0.25) is 0 Å². The fourth-order valence-corrected chi connectivity index (χ4v) is 3.24. The molecule has 1 amide bonds. The van der Waals surface area contributed by atoms with Crippen LogP contribution in [0.25, 0.3) is 0 Å². The van der Waals surface area contributed by atoms with Crippen molar-refractivity contribution in [1.82, 2.24) is 0 Å². The number of quaternary nitrogens is 1. The number of likely N-dealkylation sites (tertiary alicyclic amines) is 1. The van der Waals surface area contributed by atoms with Gasteiger partial charge in [0.2, 0.25) is 0 Å². The van der Waals surface area contributed by atoms with Crippen molar-refractivity contribution in [2.45, 2.75) is 20.3 Å². The molecular weight excluding hydrogens is 252 g/mol. The van der Waals surface area contributed by atoms with E-state index in [0.29, 0.717) is 24.1 Å². The summed E-state index contributed by atoms with van der Waals surface area (Å²) >= 11 is 0. The van der Waals surface area contributed by atoms with Crippen molar-refractivity contribution in [3.8, 4) is 5.75 Å². The second-order valence-electron chi connectivity index (χ2n) is 6.03. The molecule has 0 saturated carbocycles. The summed E-state index contributed by atoms with van der Waals surface area (Å²) in [6, 6.07) is 7.52. The topological polar surface area (TPSA) is 42.8 Å². The van der Waals surface area contributed by atoms with Crippen molar-refractivity contribution in [3.05, 3.63) is 24.3 Å². The maximum absolute atomic E-state index is 12.2. The number of rotatable bonds is 4. The normalized spacial score (nSPS) is 26.1. The highest BCUT2D eigenvalue weighted by molar-refractivity contribution is 5.92. The van der Waals surface area contributed by atoms with Crippen LogP contribution in [-0.4, -0.2) is 32.7 Å². The Morgan fingerprint density at radius 3 is 2.60 bits per heavy atom. The van der Waals surface area contributed by atoms with Gasteiger partial charge in [0.1, 0.15) is 5.75 Å². The fourth-order valence-electron chi connectivity index (χ4n) is 3.24. The Kier molecular flexibility index (Phi) is 5.01. The van der Waals surface area contributed by atoms with E-state index in [-0.39, 0.29) is 5.91 Å². The first-order chi connectivity index (χ1) is 9.58. The number of para-hydroxylation sites is 2. The molecule has 20 heavy (non-hydrogen) atoms. The van der Waals surface area contributed by atoms with Crippen molar-refractivity contribution in [2.75, 3.05) is 32.1 Å². The number of methoxy groups -OCH3 is 1. The smallest absolute Gasteiger partial charge is 0.279 e. The zero-order chi connectivity index (χ0) is 14.5. The molecule has 4 heteroatoms. The van der Waals surface area contributed by atoms with E-state index in [1.165, 1.54) is 11.3 Å². The lowest BCUT2D eigenvalue weighted by Crippen LogP contribution is -3.15. The van der Waals surface area contributed by atoms with Gasteiger partial charge >= 0.3 is 0 Å². The lowest BCUT2D eigenvalue weighted by Gasteiger charge is -2.31. The first kappa shape index (κ1) is 14.9. The molecule has 1 aliphatic rings. The zero-order valence-corrected chi connectivity index (χ0v) is 12.6. The summed E-state index contributed by atoms with van der Waals surface area (Å²) in [5, 5.41) is 2.95. The van der Waals surface area contributed by atoms with Crippen molar-refractivity contribution < 1.29 is 14.4 Å². The van der Waals surface area contributed by atoms with E-state index in [1.54, 1.807) is 7.11 Å². The van der Waals surface area contributed by atoms with Gasteiger partial charge in [-0.15, -0.1) is 0 Å². The number of hydrogen-bond donors (Lipinski definition) is 2. The minimum absolute atomic E-state index is 0.0609. The molecule has 1 aliphatic heterocycles. The van der Waals surface area contributed by atoms with Gasteiger partial charge in [-0.3, -0.25) is 4.79 Å². The summed E-state index contributed by atoms with van der Waals surface area (Å²) in [6.07, 6.45) is 1.28. The number of ether oxygens (including phenoxy) is 1. The van der Waals surface area contributed by atoms with Gasteiger partial charge in [-0.1, -0.05) is 26.0 Å². The summed E-state index contributed by atoms with van der Waals surface area (Å²) in [5.41, 5.74) is 0.748. The number of benzene rings is 1. The van der Waals surface area contributed by atoms with Gasteiger partial charge in [0.15, 0.2) is 6.54 Å². The van der Waals surface area contributed by atoms with Crippen LogP contribution in [0.1, 0.15) is 20.3 Å². The molecule has 1 fully saturated rings. The van der Waals surface area contributed by atoms with E-state index in [1.807, 2.05) is 24.3 Å². The molecule has 0 aromatic heterocycles. The predicted octanol–water partition coefficient (Wildman–Crippen LogP) is 1.19. The molecule has 1 saturated heterocycles. The molecule has 1 heterocycles. The standard InChI is InChI=1S/C16H24N2O2/c1-12-8-13(2)10-18(9-12)11-16(19)17-14-6-4-5-7-15(14)20-3/h4-7,12-13H,8-11H2,1-3H3,(H,17,19)/p+1/t12-,13+. The van der Waals surface area contributed by atoms with Gasteiger partial charge in [-0.25, -0.2) is 0 Å². The Morgan fingerprint density at radius 1 is 1.30 bits per heavy atom. The Morgan fingerprint density at radius 2 is 1.95 bits per heavy atom. The largest absolute Gasteiger partial charge is 0.495 e.